The SMILES string of the molecule is C=CCC(CC)CCc1ccc(O)c(-c2ccc3cc(C(=O)OCC)cc(O)c3c2)c1. The minimum absolute atomic E-state index is 0.00765. The maximum Gasteiger partial charge on any atom is 0.338 e. The van der Waals surface area contributed by atoms with Crippen molar-refractivity contribution in [2.45, 2.75) is 39.5 Å². The number of rotatable bonds is 9. The van der Waals surface area contributed by atoms with Crippen LogP contribution in [-0.2, 0) is 11.2 Å². The van der Waals surface area contributed by atoms with Gasteiger partial charge >= 0.3 is 5.97 Å². The van der Waals surface area contributed by atoms with Gasteiger partial charge in [0.25, 0.3) is 0 Å². The fourth-order valence-corrected chi connectivity index (χ4v) is 3.90. The highest BCUT2D eigenvalue weighted by atomic mass is 16.5. The summed E-state index contributed by atoms with van der Waals surface area (Å²) in [7, 11) is 0. The molecule has 3 rings (SSSR count). The van der Waals surface area contributed by atoms with E-state index >= 15 is 0 Å². The lowest BCUT2D eigenvalue weighted by molar-refractivity contribution is 0.0526. The van der Waals surface area contributed by atoms with E-state index in [1.807, 2.05) is 36.4 Å². The van der Waals surface area contributed by atoms with Gasteiger partial charge in [-0.25, -0.2) is 4.79 Å². The third kappa shape index (κ3) is 5.26. The zero-order chi connectivity index (χ0) is 22.4. The van der Waals surface area contributed by atoms with Crippen LogP contribution in [0.25, 0.3) is 21.9 Å². The van der Waals surface area contributed by atoms with Gasteiger partial charge in [-0.15, -0.1) is 6.58 Å². The van der Waals surface area contributed by atoms with Crippen molar-refractivity contribution in [2.24, 2.45) is 5.92 Å². The summed E-state index contributed by atoms with van der Waals surface area (Å²) in [6, 6.07) is 14.4. The highest BCUT2D eigenvalue weighted by Crippen LogP contribution is 2.35. The molecule has 0 aromatic heterocycles. The molecule has 1 atom stereocenters. The predicted octanol–water partition coefficient (Wildman–Crippen LogP) is 6.63. The number of hydrogen-bond acceptors (Lipinski definition) is 4. The summed E-state index contributed by atoms with van der Waals surface area (Å²) in [4.78, 5) is 12.0. The average molecular weight is 419 g/mol. The first-order chi connectivity index (χ1) is 15.0. The van der Waals surface area contributed by atoms with Crippen LogP contribution in [0.3, 0.4) is 0 Å². The van der Waals surface area contributed by atoms with Crippen molar-refractivity contribution in [2.75, 3.05) is 6.61 Å². The summed E-state index contributed by atoms with van der Waals surface area (Å²) in [6.07, 6.45) is 6.11. The highest BCUT2D eigenvalue weighted by molar-refractivity contribution is 5.99. The number of carbonyl (C=O) groups is 1. The maximum atomic E-state index is 12.0. The number of phenolic OH excluding ortho intramolecular Hbond substituents is 2. The fourth-order valence-electron chi connectivity index (χ4n) is 3.90. The molecule has 0 heterocycles. The van der Waals surface area contributed by atoms with Crippen molar-refractivity contribution >= 4 is 16.7 Å². The van der Waals surface area contributed by atoms with Crippen LogP contribution in [0.2, 0.25) is 0 Å². The van der Waals surface area contributed by atoms with Crippen molar-refractivity contribution in [1.29, 1.82) is 0 Å². The summed E-state index contributed by atoms with van der Waals surface area (Å²) < 4.78 is 5.03. The summed E-state index contributed by atoms with van der Waals surface area (Å²) in [5, 5.41) is 22.3. The molecule has 31 heavy (non-hydrogen) atoms. The van der Waals surface area contributed by atoms with Crippen molar-refractivity contribution in [3.05, 3.63) is 72.3 Å². The minimum Gasteiger partial charge on any atom is -0.507 e. The molecule has 0 aliphatic carbocycles. The molecule has 3 aromatic carbocycles. The Labute approximate surface area is 183 Å². The normalized spacial score (nSPS) is 11.9. The molecule has 0 aliphatic heterocycles. The predicted molar refractivity (Wildman–Crippen MR) is 126 cm³/mol. The van der Waals surface area contributed by atoms with E-state index in [1.165, 1.54) is 6.07 Å². The van der Waals surface area contributed by atoms with Gasteiger partial charge < -0.3 is 14.9 Å². The Hall–Kier alpha value is -3.27. The second kappa shape index (κ2) is 10.2. The van der Waals surface area contributed by atoms with Crippen LogP contribution in [-0.4, -0.2) is 22.8 Å². The zero-order valence-corrected chi connectivity index (χ0v) is 18.2. The second-order valence-electron chi connectivity index (χ2n) is 7.84. The van der Waals surface area contributed by atoms with Gasteiger partial charge in [-0.05, 0) is 78.9 Å². The third-order valence-electron chi connectivity index (χ3n) is 5.73. The number of hydrogen-bond donors (Lipinski definition) is 2. The first-order valence-electron chi connectivity index (χ1n) is 10.8. The molecule has 0 radical (unpaired) electrons. The molecular formula is C27H30O4. The van der Waals surface area contributed by atoms with Gasteiger partial charge in [-0.1, -0.05) is 37.6 Å². The van der Waals surface area contributed by atoms with E-state index in [1.54, 1.807) is 19.1 Å². The van der Waals surface area contributed by atoms with Crippen LogP contribution in [0.4, 0.5) is 0 Å². The lowest BCUT2D eigenvalue weighted by Gasteiger charge is -2.14. The number of ether oxygens (including phenoxy) is 1. The Balaban J connectivity index is 1.92. The Kier molecular flexibility index (Phi) is 7.35. The smallest absolute Gasteiger partial charge is 0.338 e. The van der Waals surface area contributed by atoms with E-state index in [-0.39, 0.29) is 18.1 Å². The van der Waals surface area contributed by atoms with E-state index in [2.05, 4.69) is 13.5 Å². The number of aryl methyl sites for hydroxylation is 1. The molecule has 0 fully saturated rings. The number of phenols is 2. The molecular weight excluding hydrogens is 388 g/mol. The summed E-state index contributed by atoms with van der Waals surface area (Å²) in [5.74, 6) is 0.356. The highest BCUT2D eigenvalue weighted by Gasteiger charge is 2.13. The molecule has 162 valence electrons. The molecule has 0 bridgehead atoms. The Bertz CT molecular complexity index is 1080. The van der Waals surface area contributed by atoms with Crippen LogP contribution < -0.4 is 0 Å². The first-order valence-corrected chi connectivity index (χ1v) is 10.8. The molecule has 0 saturated heterocycles. The van der Waals surface area contributed by atoms with Crippen LogP contribution >= 0.6 is 0 Å². The number of allylic oxidation sites excluding steroid dienone is 1. The van der Waals surface area contributed by atoms with Crippen LogP contribution in [0.15, 0.2) is 61.2 Å². The number of aromatic hydroxyl groups is 2. The maximum absolute atomic E-state index is 12.0. The van der Waals surface area contributed by atoms with Gasteiger partial charge in [0.1, 0.15) is 11.5 Å². The zero-order valence-electron chi connectivity index (χ0n) is 18.2. The molecule has 4 nitrogen and oxygen atoms in total. The number of esters is 1. The third-order valence-corrected chi connectivity index (χ3v) is 5.73. The molecule has 0 spiro atoms. The largest absolute Gasteiger partial charge is 0.507 e. The summed E-state index contributed by atoms with van der Waals surface area (Å²) >= 11 is 0. The summed E-state index contributed by atoms with van der Waals surface area (Å²) in [6.45, 7) is 8.07. The van der Waals surface area contributed by atoms with E-state index in [4.69, 9.17) is 4.74 Å². The van der Waals surface area contributed by atoms with E-state index in [9.17, 15) is 15.0 Å². The van der Waals surface area contributed by atoms with Crippen LogP contribution in [0, 0.1) is 5.92 Å². The topological polar surface area (TPSA) is 66.8 Å². The molecule has 0 saturated carbocycles. The van der Waals surface area contributed by atoms with Crippen LogP contribution in [0.5, 0.6) is 11.5 Å². The Morgan fingerprint density at radius 2 is 1.87 bits per heavy atom. The number of benzene rings is 3. The van der Waals surface area contributed by atoms with Gasteiger partial charge in [0.05, 0.1) is 12.2 Å². The van der Waals surface area contributed by atoms with Crippen molar-refractivity contribution in [3.8, 4) is 22.6 Å². The number of fused-ring (bicyclic) bond motifs is 1. The lowest BCUT2D eigenvalue weighted by atomic mass is 9.92. The number of carbonyl (C=O) groups excluding carboxylic acids is 1. The fraction of sp³-hybridized carbons (Fsp3) is 0.296. The van der Waals surface area contributed by atoms with Crippen molar-refractivity contribution < 1.29 is 19.7 Å². The van der Waals surface area contributed by atoms with Gasteiger partial charge in [0.15, 0.2) is 0 Å². The van der Waals surface area contributed by atoms with Gasteiger partial charge in [-0.3, -0.25) is 0 Å². The van der Waals surface area contributed by atoms with Gasteiger partial charge in [0.2, 0.25) is 0 Å². The average Bonchev–Trinajstić information content (AvgIpc) is 2.77. The second-order valence-corrected chi connectivity index (χ2v) is 7.84. The van der Waals surface area contributed by atoms with Crippen molar-refractivity contribution in [3.63, 3.8) is 0 Å². The standard InChI is InChI=1S/C27H30O4/c1-4-7-18(5-2)8-9-19-10-13-25(28)23(14-19)21-12-11-20-15-22(27(30)31-6-3)17-26(29)24(20)16-21/h4,10-18,28-29H,1,5-9H2,2-3H3. The monoisotopic (exact) mass is 418 g/mol. The molecule has 4 heteroatoms. The Morgan fingerprint density at radius 3 is 2.58 bits per heavy atom. The Morgan fingerprint density at radius 1 is 1.06 bits per heavy atom. The molecule has 2 N–H and O–H groups in total. The quantitative estimate of drug-likeness (QED) is 0.302. The van der Waals surface area contributed by atoms with E-state index in [0.29, 0.717) is 16.9 Å². The first kappa shape index (κ1) is 22.4. The van der Waals surface area contributed by atoms with E-state index < -0.39 is 5.97 Å². The van der Waals surface area contributed by atoms with Gasteiger partial charge in [0, 0.05) is 10.9 Å². The molecule has 1 unspecified atom stereocenters. The van der Waals surface area contributed by atoms with E-state index in [0.717, 1.165) is 47.8 Å². The molecule has 3 aromatic rings. The van der Waals surface area contributed by atoms with Gasteiger partial charge in [-0.2, -0.15) is 0 Å². The summed E-state index contributed by atoms with van der Waals surface area (Å²) in [5.41, 5.74) is 3.01. The molecule has 0 amide bonds. The lowest BCUT2D eigenvalue weighted by Crippen LogP contribution is -2.04. The minimum atomic E-state index is -0.462. The van der Waals surface area contributed by atoms with Crippen LogP contribution in [0.1, 0.15) is 49.0 Å². The van der Waals surface area contributed by atoms with Crippen molar-refractivity contribution in [1.82, 2.24) is 0 Å². The molecule has 0 aliphatic rings.